The molecule has 3 fully saturated rings. The highest BCUT2D eigenvalue weighted by Crippen LogP contribution is 2.51. The van der Waals surface area contributed by atoms with E-state index < -0.39 is 5.54 Å². The van der Waals surface area contributed by atoms with Gasteiger partial charge in [0.2, 0.25) is 5.91 Å². The lowest BCUT2D eigenvalue weighted by Gasteiger charge is -2.62. The number of rotatable bonds is 7. The van der Waals surface area contributed by atoms with Crippen molar-refractivity contribution in [3.8, 4) is 0 Å². The van der Waals surface area contributed by atoms with Gasteiger partial charge in [-0.25, -0.2) is 0 Å². The van der Waals surface area contributed by atoms with E-state index in [1.807, 2.05) is 13.8 Å². The number of nitrogens with two attached hydrogens (primary N) is 1. The minimum absolute atomic E-state index is 0.218. The number of amides is 1. The predicted octanol–water partition coefficient (Wildman–Crippen LogP) is 3.19. The predicted molar refractivity (Wildman–Crippen MR) is 110 cm³/mol. The third-order valence-electron chi connectivity index (χ3n) is 7.08. The summed E-state index contributed by atoms with van der Waals surface area (Å²) < 4.78 is 0. The molecule has 1 spiro atoms. The van der Waals surface area contributed by atoms with Crippen LogP contribution in [0, 0.1) is 11.3 Å². The lowest BCUT2D eigenvalue weighted by Crippen LogP contribution is -2.72. The Kier molecular flexibility index (Phi) is 4.68. The van der Waals surface area contributed by atoms with Crippen LogP contribution in [0.1, 0.15) is 52.0 Å². The first-order valence-corrected chi connectivity index (χ1v) is 10.4. The maximum absolute atomic E-state index is 11.6. The summed E-state index contributed by atoms with van der Waals surface area (Å²) in [5.74, 6) is 0.489. The van der Waals surface area contributed by atoms with E-state index in [2.05, 4.69) is 53.5 Å². The monoisotopic (exact) mass is 367 g/mol. The molecule has 3 aliphatic rings. The summed E-state index contributed by atoms with van der Waals surface area (Å²) in [5, 5.41) is 3.89. The summed E-state index contributed by atoms with van der Waals surface area (Å²) in [7, 11) is 0. The summed E-state index contributed by atoms with van der Waals surface area (Å²) in [6.45, 7) is 8.19. The van der Waals surface area contributed by atoms with Gasteiger partial charge >= 0.3 is 0 Å². The average Bonchev–Trinajstić information content (AvgIpc) is 3.33. The molecule has 2 atom stereocenters. The summed E-state index contributed by atoms with van der Waals surface area (Å²) in [6, 6.07) is 12.0. The van der Waals surface area contributed by atoms with E-state index >= 15 is 0 Å². The molecule has 1 amide bonds. The Labute approximate surface area is 163 Å². The Morgan fingerprint density at radius 1 is 1.30 bits per heavy atom. The highest BCUT2D eigenvalue weighted by Gasteiger charge is 2.57. The van der Waals surface area contributed by atoms with E-state index in [0.29, 0.717) is 23.4 Å². The SMILES string of the molecule is CC/C(=C\c1ccccc1)[C@H]1C[C@@H]1NC1CC2(C1)CN(C(C)(C)C(N)=O)C2. The van der Waals surface area contributed by atoms with Crippen molar-refractivity contribution in [2.45, 2.75) is 64.1 Å². The summed E-state index contributed by atoms with van der Waals surface area (Å²) in [4.78, 5) is 13.9. The first kappa shape index (κ1) is 18.7. The molecule has 4 rings (SSSR count). The number of hydrogen-bond donors (Lipinski definition) is 2. The zero-order valence-corrected chi connectivity index (χ0v) is 16.9. The van der Waals surface area contributed by atoms with Crippen molar-refractivity contribution in [1.82, 2.24) is 10.2 Å². The fourth-order valence-corrected chi connectivity index (χ4v) is 5.00. The molecule has 1 aromatic rings. The molecule has 1 saturated heterocycles. The van der Waals surface area contributed by atoms with Crippen molar-refractivity contribution in [2.24, 2.45) is 17.1 Å². The van der Waals surface area contributed by atoms with E-state index in [9.17, 15) is 4.79 Å². The molecular formula is C23H33N3O. The normalized spacial score (nSPS) is 27.9. The number of carbonyl (C=O) groups is 1. The minimum atomic E-state index is -0.510. The average molecular weight is 368 g/mol. The second kappa shape index (κ2) is 6.75. The third kappa shape index (κ3) is 3.57. The Bertz CT molecular complexity index is 725. The molecule has 2 saturated carbocycles. The fourth-order valence-electron chi connectivity index (χ4n) is 5.00. The minimum Gasteiger partial charge on any atom is -0.368 e. The Morgan fingerprint density at radius 3 is 2.56 bits per heavy atom. The van der Waals surface area contributed by atoms with Gasteiger partial charge in [-0.2, -0.15) is 0 Å². The molecule has 3 N–H and O–H groups in total. The number of nitrogens with one attached hydrogen (secondary N) is 1. The number of carbonyl (C=O) groups excluding carboxylic acids is 1. The van der Waals surface area contributed by atoms with Gasteiger partial charge < -0.3 is 11.1 Å². The molecule has 1 aromatic carbocycles. The Morgan fingerprint density at radius 2 is 1.96 bits per heavy atom. The quantitative estimate of drug-likeness (QED) is 0.778. The van der Waals surface area contributed by atoms with Crippen LogP contribution >= 0.6 is 0 Å². The Balaban J connectivity index is 1.24. The highest BCUT2D eigenvalue weighted by molar-refractivity contribution is 5.83. The van der Waals surface area contributed by atoms with Crippen LogP contribution in [0.3, 0.4) is 0 Å². The molecule has 0 unspecified atom stereocenters. The van der Waals surface area contributed by atoms with Crippen LogP contribution in [0.5, 0.6) is 0 Å². The van der Waals surface area contributed by atoms with Crippen molar-refractivity contribution in [3.05, 3.63) is 41.5 Å². The van der Waals surface area contributed by atoms with Crippen molar-refractivity contribution in [2.75, 3.05) is 13.1 Å². The van der Waals surface area contributed by atoms with Crippen molar-refractivity contribution in [1.29, 1.82) is 0 Å². The van der Waals surface area contributed by atoms with Crippen molar-refractivity contribution < 1.29 is 4.79 Å². The molecule has 0 aromatic heterocycles. The van der Waals surface area contributed by atoms with Gasteiger partial charge in [-0.3, -0.25) is 9.69 Å². The van der Waals surface area contributed by atoms with Gasteiger partial charge in [-0.05, 0) is 56.4 Å². The van der Waals surface area contributed by atoms with Crippen LogP contribution in [0.15, 0.2) is 35.9 Å². The second-order valence-corrected chi connectivity index (χ2v) is 9.48. The molecule has 2 aliphatic carbocycles. The fraction of sp³-hybridized carbons (Fsp3) is 0.609. The Hall–Kier alpha value is -1.65. The molecule has 0 radical (unpaired) electrons. The van der Waals surface area contributed by atoms with E-state index in [0.717, 1.165) is 19.5 Å². The zero-order chi connectivity index (χ0) is 19.2. The molecule has 27 heavy (non-hydrogen) atoms. The summed E-state index contributed by atoms with van der Waals surface area (Å²) in [6.07, 6.45) is 7.27. The van der Waals surface area contributed by atoms with Crippen LogP contribution < -0.4 is 11.1 Å². The van der Waals surface area contributed by atoms with Crippen LogP contribution in [0.4, 0.5) is 0 Å². The molecule has 4 nitrogen and oxygen atoms in total. The summed E-state index contributed by atoms with van der Waals surface area (Å²) >= 11 is 0. The molecule has 146 valence electrons. The smallest absolute Gasteiger partial charge is 0.237 e. The first-order chi connectivity index (χ1) is 12.8. The van der Waals surface area contributed by atoms with Gasteiger partial charge in [0.15, 0.2) is 0 Å². The molecule has 0 bridgehead atoms. The van der Waals surface area contributed by atoms with Crippen molar-refractivity contribution >= 4 is 12.0 Å². The number of nitrogens with zero attached hydrogens (tertiary/aromatic N) is 1. The van der Waals surface area contributed by atoms with Crippen molar-refractivity contribution in [3.63, 3.8) is 0 Å². The van der Waals surface area contributed by atoms with Gasteiger partial charge in [0.05, 0.1) is 5.54 Å². The van der Waals surface area contributed by atoms with E-state index in [-0.39, 0.29) is 5.91 Å². The maximum atomic E-state index is 11.6. The summed E-state index contributed by atoms with van der Waals surface area (Å²) in [5.41, 5.74) is 8.36. The van der Waals surface area contributed by atoms with Crippen LogP contribution in [-0.4, -0.2) is 41.5 Å². The van der Waals surface area contributed by atoms with Gasteiger partial charge in [-0.1, -0.05) is 48.9 Å². The van der Waals surface area contributed by atoms with E-state index in [1.165, 1.54) is 24.8 Å². The number of benzene rings is 1. The van der Waals surface area contributed by atoms with Crippen LogP contribution in [0.2, 0.25) is 0 Å². The second-order valence-electron chi connectivity index (χ2n) is 9.48. The molecule has 4 heteroatoms. The topological polar surface area (TPSA) is 58.4 Å². The number of hydrogen-bond acceptors (Lipinski definition) is 3. The van der Waals surface area contributed by atoms with Gasteiger partial charge in [0.25, 0.3) is 0 Å². The van der Waals surface area contributed by atoms with Crippen LogP contribution in [-0.2, 0) is 4.79 Å². The van der Waals surface area contributed by atoms with E-state index in [4.69, 9.17) is 5.73 Å². The maximum Gasteiger partial charge on any atom is 0.237 e. The standard InChI is InChI=1S/C23H33N3O/c1-4-17(10-16-8-6-5-7-9-16)19-11-20(19)25-18-12-23(13-18)14-26(15-23)22(2,3)21(24)27/h5-10,18-20,25H,4,11-15H2,1-3H3,(H2,24,27)/b17-10+/t19-,20+/m1/s1. The first-order valence-electron chi connectivity index (χ1n) is 10.4. The molecular weight excluding hydrogens is 334 g/mol. The lowest BCUT2D eigenvalue weighted by molar-refractivity contribution is -0.150. The molecule has 1 aliphatic heterocycles. The van der Waals surface area contributed by atoms with E-state index in [1.54, 1.807) is 5.57 Å². The van der Waals surface area contributed by atoms with Gasteiger partial charge in [0.1, 0.15) is 0 Å². The highest BCUT2D eigenvalue weighted by atomic mass is 16.1. The molecule has 1 heterocycles. The van der Waals surface area contributed by atoms with Crippen LogP contribution in [0.25, 0.3) is 6.08 Å². The lowest BCUT2D eigenvalue weighted by atomic mass is 9.59. The van der Waals surface area contributed by atoms with Gasteiger partial charge in [0, 0.05) is 25.2 Å². The number of likely N-dealkylation sites (tertiary alicyclic amines) is 1. The largest absolute Gasteiger partial charge is 0.368 e. The van der Waals surface area contributed by atoms with Gasteiger partial charge in [-0.15, -0.1) is 0 Å². The third-order valence-corrected chi connectivity index (χ3v) is 7.08. The zero-order valence-electron chi connectivity index (χ0n) is 16.9. The number of primary amides is 1.